The second kappa shape index (κ2) is 5.41. The molecule has 1 unspecified atom stereocenters. The minimum absolute atomic E-state index is 0.312. The van der Waals surface area contributed by atoms with Gasteiger partial charge in [-0.2, -0.15) is 13.2 Å². The lowest BCUT2D eigenvalue weighted by Gasteiger charge is -2.15. The van der Waals surface area contributed by atoms with Crippen LogP contribution in [-0.2, 0) is 6.18 Å². The third kappa shape index (κ3) is 3.03. The average Bonchev–Trinajstić information content (AvgIpc) is 2.82. The molecule has 0 aromatic carbocycles. The van der Waals surface area contributed by atoms with Crippen molar-refractivity contribution in [2.45, 2.75) is 12.2 Å². The first-order valence-corrected chi connectivity index (χ1v) is 6.21. The van der Waals surface area contributed by atoms with Gasteiger partial charge in [-0.05, 0) is 11.6 Å². The van der Waals surface area contributed by atoms with Gasteiger partial charge in [0.25, 0.3) is 0 Å². The van der Waals surface area contributed by atoms with Gasteiger partial charge in [-0.1, -0.05) is 11.6 Å². The van der Waals surface area contributed by atoms with E-state index in [0.29, 0.717) is 26.8 Å². The fourth-order valence-electron chi connectivity index (χ4n) is 1.50. The number of hydrogen-bond donors (Lipinski definition) is 2. The second-order valence-electron chi connectivity index (χ2n) is 3.56. The molecule has 2 aromatic rings. The summed E-state index contributed by atoms with van der Waals surface area (Å²) in [7, 11) is 0. The van der Waals surface area contributed by atoms with Crippen LogP contribution in [0.2, 0.25) is 5.02 Å². The molecule has 1 atom stereocenters. The van der Waals surface area contributed by atoms with Crippen LogP contribution in [0.3, 0.4) is 0 Å². The number of aromatic nitrogens is 2. The molecule has 0 aliphatic heterocycles. The molecule has 0 amide bonds. The molecule has 0 fully saturated rings. The molecular formula is C10H8ClF3N4S. The van der Waals surface area contributed by atoms with Crippen molar-refractivity contribution < 1.29 is 13.2 Å². The standard InChI is InChI=1S/C10H8ClF3N4S/c11-6-3-16-2-1-5(6)8(18-15)7-4-17-9(19-7)10(12,13)14/h1-4,8,18H,15H2. The van der Waals surface area contributed by atoms with E-state index in [9.17, 15) is 13.2 Å². The van der Waals surface area contributed by atoms with E-state index in [4.69, 9.17) is 17.4 Å². The zero-order valence-corrected chi connectivity index (χ0v) is 10.9. The summed E-state index contributed by atoms with van der Waals surface area (Å²) in [4.78, 5) is 7.48. The van der Waals surface area contributed by atoms with E-state index in [-0.39, 0.29) is 0 Å². The molecule has 0 aliphatic carbocycles. The van der Waals surface area contributed by atoms with E-state index in [1.807, 2.05) is 0 Å². The van der Waals surface area contributed by atoms with Crippen LogP contribution in [0, 0.1) is 0 Å². The lowest BCUT2D eigenvalue weighted by atomic mass is 10.1. The largest absolute Gasteiger partial charge is 0.443 e. The van der Waals surface area contributed by atoms with Crippen molar-refractivity contribution in [2.75, 3.05) is 0 Å². The molecule has 3 N–H and O–H groups in total. The quantitative estimate of drug-likeness (QED) is 0.676. The number of nitrogens with one attached hydrogen (secondary N) is 1. The predicted molar refractivity (Wildman–Crippen MR) is 65.5 cm³/mol. The fourth-order valence-corrected chi connectivity index (χ4v) is 2.59. The van der Waals surface area contributed by atoms with Gasteiger partial charge in [0.05, 0.1) is 11.1 Å². The summed E-state index contributed by atoms with van der Waals surface area (Å²) in [6, 6.07) is 0.920. The van der Waals surface area contributed by atoms with Gasteiger partial charge in [-0.25, -0.2) is 10.4 Å². The Balaban J connectivity index is 2.38. The molecule has 0 saturated heterocycles. The number of nitrogens with zero attached hydrogens (tertiary/aromatic N) is 2. The zero-order chi connectivity index (χ0) is 14.0. The maximum atomic E-state index is 12.5. The Labute approximate surface area is 115 Å². The third-order valence-corrected chi connectivity index (χ3v) is 3.75. The molecule has 2 rings (SSSR count). The lowest BCUT2D eigenvalue weighted by Crippen LogP contribution is -2.28. The lowest BCUT2D eigenvalue weighted by molar-refractivity contribution is -0.137. The molecule has 2 heterocycles. The van der Waals surface area contributed by atoms with Crippen LogP contribution in [0.5, 0.6) is 0 Å². The average molecular weight is 309 g/mol. The molecule has 0 spiro atoms. The van der Waals surface area contributed by atoms with Gasteiger partial charge >= 0.3 is 6.18 Å². The highest BCUT2D eigenvalue weighted by molar-refractivity contribution is 7.11. The number of thiazole rings is 1. The van der Waals surface area contributed by atoms with Crippen LogP contribution in [0.1, 0.15) is 21.5 Å². The van der Waals surface area contributed by atoms with E-state index in [1.54, 1.807) is 6.07 Å². The van der Waals surface area contributed by atoms with Crippen molar-refractivity contribution in [1.29, 1.82) is 0 Å². The first kappa shape index (κ1) is 14.2. The minimum atomic E-state index is -4.47. The Hall–Kier alpha value is -1.22. The maximum Gasteiger partial charge on any atom is 0.443 e. The zero-order valence-electron chi connectivity index (χ0n) is 9.28. The van der Waals surface area contributed by atoms with Gasteiger partial charge in [0.2, 0.25) is 0 Å². The maximum absolute atomic E-state index is 12.5. The molecule has 9 heteroatoms. The number of hydrazine groups is 1. The van der Waals surface area contributed by atoms with Crippen molar-refractivity contribution in [3.63, 3.8) is 0 Å². The first-order valence-electron chi connectivity index (χ1n) is 5.02. The molecule has 2 aromatic heterocycles. The van der Waals surface area contributed by atoms with Crippen molar-refractivity contribution in [1.82, 2.24) is 15.4 Å². The van der Waals surface area contributed by atoms with E-state index in [0.717, 1.165) is 6.20 Å². The van der Waals surface area contributed by atoms with Crippen LogP contribution < -0.4 is 11.3 Å². The topological polar surface area (TPSA) is 63.8 Å². The Morgan fingerprint density at radius 1 is 1.37 bits per heavy atom. The molecule has 0 aliphatic rings. The second-order valence-corrected chi connectivity index (χ2v) is 5.03. The highest BCUT2D eigenvalue weighted by Crippen LogP contribution is 2.36. The van der Waals surface area contributed by atoms with E-state index >= 15 is 0 Å². The van der Waals surface area contributed by atoms with E-state index in [1.165, 1.54) is 12.4 Å². The number of alkyl halides is 3. The van der Waals surface area contributed by atoms with Gasteiger partial charge in [-0.3, -0.25) is 10.8 Å². The van der Waals surface area contributed by atoms with Crippen LogP contribution in [0.25, 0.3) is 0 Å². The van der Waals surface area contributed by atoms with Crippen LogP contribution >= 0.6 is 22.9 Å². The van der Waals surface area contributed by atoms with Crippen LogP contribution in [0.15, 0.2) is 24.7 Å². The summed E-state index contributed by atoms with van der Waals surface area (Å²) in [6.45, 7) is 0. The summed E-state index contributed by atoms with van der Waals surface area (Å²) in [5.41, 5.74) is 2.97. The summed E-state index contributed by atoms with van der Waals surface area (Å²) >= 11 is 6.47. The van der Waals surface area contributed by atoms with Gasteiger partial charge in [0.1, 0.15) is 0 Å². The van der Waals surface area contributed by atoms with E-state index < -0.39 is 17.2 Å². The summed E-state index contributed by atoms with van der Waals surface area (Å²) in [6.07, 6.45) is -0.455. The highest BCUT2D eigenvalue weighted by atomic mass is 35.5. The Morgan fingerprint density at radius 2 is 2.11 bits per heavy atom. The van der Waals surface area contributed by atoms with Crippen molar-refractivity contribution >= 4 is 22.9 Å². The van der Waals surface area contributed by atoms with Crippen molar-refractivity contribution in [3.05, 3.63) is 45.1 Å². The van der Waals surface area contributed by atoms with Gasteiger partial charge in [-0.15, -0.1) is 11.3 Å². The third-order valence-electron chi connectivity index (χ3n) is 2.33. The van der Waals surface area contributed by atoms with Crippen molar-refractivity contribution in [2.24, 2.45) is 5.84 Å². The van der Waals surface area contributed by atoms with Gasteiger partial charge in [0, 0.05) is 23.5 Å². The number of hydrogen-bond acceptors (Lipinski definition) is 5. The van der Waals surface area contributed by atoms with Gasteiger partial charge in [0.15, 0.2) is 5.01 Å². The number of halogens is 4. The van der Waals surface area contributed by atoms with Crippen LogP contribution in [-0.4, -0.2) is 9.97 Å². The number of pyridine rings is 1. The normalized spacial score (nSPS) is 13.5. The molecular weight excluding hydrogens is 301 g/mol. The number of rotatable bonds is 3. The molecule has 0 saturated carbocycles. The summed E-state index contributed by atoms with van der Waals surface area (Å²) in [5.74, 6) is 5.39. The molecule has 4 nitrogen and oxygen atoms in total. The molecule has 0 radical (unpaired) electrons. The van der Waals surface area contributed by atoms with Crippen molar-refractivity contribution in [3.8, 4) is 0 Å². The summed E-state index contributed by atoms with van der Waals surface area (Å²) in [5, 5.41) is -0.611. The number of nitrogens with two attached hydrogens (primary N) is 1. The Bertz CT molecular complexity index is 572. The SMILES string of the molecule is NNC(c1cnc(C(F)(F)F)s1)c1ccncc1Cl. The molecule has 0 bridgehead atoms. The molecule has 19 heavy (non-hydrogen) atoms. The van der Waals surface area contributed by atoms with E-state index in [2.05, 4.69) is 15.4 Å². The Kier molecular flexibility index (Phi) is 4.04. The first-order chi connectivity index (χ1) is 8.93. The summed E-state index contributed by atoms with van der Waals surface area (Å²) < 4.78 is 37.5. The Morgan fingerprint density at radius 3 is 2.63 bits per heavy atom. The fraction of sp³-hybridized carbons (Fsp3) is 0.200. The highest BCUT2D eigenvalue weighted by Gasteiger charge is 2.35. The smallest absolute Gasteiger partial charge is 0.271 e. The molecule has 102 valence electrons. The van der Waals surface area contributed by atoms with Crippen LogP contribution in [0.4, 0.5) is 13.2 Å². The predicted octanol–water partition coefficient (Wildman–Crippen LogP) is 2.76. The van der Waals surface area contributed by atoms with Gasteiger partial charge < -0.3 is 0 Å². The minimum Gasteiger partial charge on any atom is -0.271 e. The monoisotopic (exact) mass is 308 g/mol.